The van der Waals surface area contributed by atoms with Crippen molar-refractivity contribution in [1.82, 2.24) is 0 Å². The maximum atomic E-state index is 6.08. The third-order valence-corrected chi connectivity index (χ3v) is 3.52. The van der Waals surface area contributed by atoms with E-state index < -0.39 is 0 Å². The van der Waals surface area contributed by atoms with E-state index in [1.54, 1.807) is 7.11 Å². The summed E-state index contributed by atoms with van der Waals surface area (Å²) in [5.41, 5.74) is 8.10. The number of methoxy groups -OCH3 is 1. The van der Waals surface area contributed by atoms with Crippen LogP contribution in [0.2, 0.25) is 5.02 Å². The number of para-hydroxylation sites is 1. The van der Waals surface area contributed by atoms with Gasteiger partial charge < -0.3 is 15.2 Å². The van der Waals surface area contributed by atoms with E-state index in [1.807, 2.05) is 55.5 Å². The molecule has 0 saturated heterocycles. The van der Waals surface area contributed by atoms with Gasteiger partial charge in [-0.25, -0.2) is 0 Å². The molecule has 0 fully saturated rings. The lowest BCUT2D eigenvalue weighted by atomic mass is 10.0. The van der Waals surface area contributed by atoms with Gasteiger partial charge in [0, 0.05) is 16.6 Å². The van der Waals surface area contributed by atoms with E-state index in [1.165, 1.54) is 0 Å². The SMILES string of the molecule is COc1ccccc1C(OCc1ccc(Cl)cc1)C(C)N. The molecule has 0 heterocycles. The summed E-state index contributed by atoms with van der Waals surface area (Å²) in [6.45, 7) is 2.40. The van der Waals surface area contributed by atoms with Crippen LogP contribution in [0.5, 0.6) is 5.75 Å². The van der Waals surface area contributed by atoms with Crippen molar-refractivity contribution in [1.29, 1.82) is 0 Å². The minimum Gasteiger partial charge on any atom is -0.496 e. The van der Waals surface area contributed by atoms with Gasteiger partial charge in [0.2, 0.25) is 0 Å². The molecule has 0 spiro atoms. The Morgan fingerprint density at radius 2 is 1.76 bits per heavy atom. The molecule has 0 aliphatic rings. The molecule has 2 aromatic carbocycles. The fourth-order valence-electron chi connectivity index (χ4n) is 2.19. The van der Waals surface area contributed by atoms with Gasteiger partial charge in [0.1, 0.15) is 11.9 Å². The summed E-state index contributed by atoms with van der Waals surface area (Å²) in [4.78, 5) is 0. The van der Waals surface area contributed by atoms with Crippen LogP contribution in [0.4, 0.5) is 0 Å². The summed E-state index contributed by atoms with van der Waals surface area (Å²) >= 11 is 5.88. The predicted octanol–water partition coefficient (Wildman–Crippen LogP) is 3.95. The van der Waals surface area contributed by atoms with Crippen molar-refractivity contribution in [3.8, 4) is 5.75 Å². The van der Waals surface area contributed by atoms with Crippen molar-refractivity contribution < 1.29 is 9.47 Å². The van der Waals surface area contributed by atoms with Gasteiger partial charge in [-0.05, 0) is 30.7 Å². The Bertz CT molecular complexity index is 569. The zero-order chi connectivity index (χ0) is 15.2. The molecule has 0 saturated carbocycles. The second kappa shape index (κ2) is 7.46. The molecule has 3 nitrogen and oxygen atoms in total. The average molecular weight is 306 g/mol. The van der Waals surface area contributed by atoms with Crippen molar-refractivity contribution in [2.45, 2.75) is 25.7 Å². The van der Waals surface area contributed by atoms with E-state index in [9.17, 15) is 0 Å². The van der Waals surface area contributed by atoms with Crippen LogP contribution in [0, 0.1) is 0 Å². The van der Waals surface area contributed by atoms with Gasteiger partial charge in [-0.3, -0.25) is 0 Å². The minimum atomic E-state index is -0.225. The van der Waals surface area contributed by atoms with Crippen molar-refractivity contribution in [2.24, 2.45) is 5.73 Å². The molecule has 0 aliphatic carbocycles. The Balaban J connectivity index is 2.14. The normalized spacial score (nSPS) is 13.7. The van der Waals surface area contributed by atoms with Gasteiger partial charge in [-0.15, -0.1) is 0 Å². The summed E-state index contributed by atoms with van der Waals surface area (Å²) in [7, 11) is 1.65. The molecule has 0 amide bonds. The third-order valence-electron chi connectivity index (χ3n) is 3.27. The van der Waals surface area contributed by atoms with E-state index in [2.05, 4.69) is 0 Å². The van der Waals surface area contributed by atoms with Crippen LogP contribution < -0.4 is 10.5 Å². The van der Waals surface area contributed by atoms with Gasteiger partial charge in [-0.2, -0.15) is 0 Å². The molecule has 0 aliphatic heterocycles. The molecule has 21 heavy (non-hydrogen) atoms. The summed E-state index contributed by atoms with van der Waals surface area (Å²) in [6, 6.07) is 15.2. The first kappa shape index (κ1) is 15.8. The highest BCUT2D eigenvalue weighted by Crippen LogP contribution is 2.30. The largest absolute Gasteiger partial charge is 0.496 e. The van der Waals surface area contributed by atoms with E-state index in [4.69, 9.17) is 26.8 Å². The molecule has 2 unspecified atom stereocenters. The topological polar surface area (TPSA) is 44.5 Å². The number of nitrogens with two attached hydrogens (primary N) is 1. The van der Waals surface area contributed by atoms with Crippen LogP contribution in [0.3, 0.4) is 0 Å². The smallest absolute Gasteiger partial charge is 0.124 e. The highest BCUT2D eigenvalue weighted by molar-refractivity contribution is 6.30. The number of benzene rings is 2. The Morgan fingerprint density at radius 3 is 2.38 bits per heavy atom. The van der Waals surface area contributed by atoms with Crippen molar-refractivity contribution in [2.75, 3.05) is 7.11 Å². The Labute approximate surface area is 130 Å². The lowest BCUT2D eigenvalue weighted by molar-refractivity contribution is 0.0244. The molecule has 112 valence electrons. The summed E-state index contributed by atoms with van der Waals surface area (Å²) in [5.74, 6) is 0.788. The van der Waals surface area contributed by atoms with Crippen molar-refractivity contribution >= 4 is 11.6 Å². The van der Waals surface area contributed by atoms with Crippen LogP contribution in [0.25, 0.3) is 0 Å². The van der Waals surface area contributed by atoms with Crippen LogP contribution in [0.15, 0.2) is 48.5 Å². The molecule has 0 aromatic heterocycles. The highest BCUT2D eigenvalue weighted by Gasteiger charge is 2.20. The molecule has 0 bridgehead atoms. The number of hydrogen-bond acceptors (Lipinski definition) is 3. The first-order valence-electron chi connectivity index (χ1n) is 6.86. The zero-order valence-corrected chi connectivity index (χ0v) is 13.0. The Kier molecular flexibility index (Phi) is 5.62. The standard InChI is InChI=1S/C17H20ClNO2/c1-12(19)17(15-5-3-4-6-16(15)20-2)21-11-13-7-9-14(18)10-8-13/h3-10,12,17H,11,19H2,1-2H3. The zero-order valence-electron chi connectivity index (χ0n) is 12.3. The van der Waals surface area contributed by atoms with Gasteiger partial charge in [0.25, 0.3) is 0 Å². The molecular formula is C17H20ClNO2. The molecular weight excluding hydrogens is 286 g/mol. The second-order valence-corrected chi connectivity index (χ2v) is 5.40. The first-order chi connectivity index (χ1) is 10.1. The van der Waals surface area contributed by atoms with Crippen LogP contribution >= 0.6 is 11.6 Å². The van der Waals surface area contributed by atoms with E-state index in [-0.39, 0.29) is 12.1 Å². The first-order valence-corrected chi connectivity index (χ1v) is 7.24. The summed E-state index contributed by atoms with van der Waals surface area (Å²) < 4.78 is 11.4. The number of ether oxygens (including phenoxy) is 2. The lowest BCUT2D eigenvalue weighted by Gasteiger charge is -2.23. The Morgan fingerprint density at radius 1 is 1.10 bits per heavy atom. The highest BCUT2D eigenvalue weighted by atomic mass is 35.5. The van der Waals surface area contributed by atoms with E-state index >= 15 is 0 Å². The summed E-state index contributed by atoms with van der Waals surface area (Å²) in [6.07, 6.45) is -0.225. The quantitative estimate of drug-likeness (QED) is 0.878. The van der Waals surface area contributed by atoms with Crippen molar-refractivity contribution in [3.63, 3.8) is 0 Å². The molecule has 0 radical (unpaired) electrons. The van der Waals surface area contributed by atoms with Gasteiger partial charge in [0.15, 0.2) is 0 Å². The summed E-state index contributed by atoms with van der Waals surface area (Å²) in [5, 5.41) is 0.715. The molecule has 2 aromatic rings. The van der Waals surface area contributed by atoms with Crippen molar-refractivity contribution in [3.05, 3.63) is 64.7 Å². The van der Waals surface area contributed by atoms with Gasteiger partial charge >= 0.3 is 0 Å². The molecule has 4 heteroatoms. The van der Waals surface area contributed by atoms with E-state index in [0.29, 0.717) is 11.6 Å². The minimum absolute atomic E-state index is 0.145. The maximum Gasteiger partial charge on any atom is 0.124 e. The predicted molar refractivity (Wildman–Crippen MR) is 85.6 cm³/mol. The number of hydrogen-bond donors (Lipinski definition) is 1. The van der Waals surface area contributed by atoms with Crippen LogP contribution in [-0.2, 0) is 11.3 Å². The Hall–Kier alpha value is -1.55. The number of halogens is 1. The molecule has 2 rings (SSSR count). The van der Waals surface area contributed by atoms with Crippen LogP contribution in [0.1, 0.15) is 24.2 Å². The average Bonchev–Trinajstić information content (AvgIpc) is 2.49. The van der Waals surface area contributed by atoms with Gasteiger partial charge in [-0.1, -0.05) is 41.9 Å². The lowest BCUT2D eigenvalue weighted by Crippen LogP contribution is -2.27. The molecule has 2 atom stereocenters. The fraction of sp³-hybridized carbons (Fsp3) is 0.294. The van der Waals surface area contributed by atoms with Crippen LogP contribution in [-0.4, -0.2) is 13.2 Å². The fourth-order valence-corrected chi connectivity index (χ4v) is 2.32. The number of rotatable bonds is 6. The van der Waals surface area contributed by atoms with E-state index in [0.717, 1.165) is 16.9 Å². The second-order valence-electron chi connectivity index (χ2n) is 4.96. The monoisotopic (exact) mass is 305 g/mol. The van der Waals surface area contributed by atoms with Gasteiger partial charge in [0.05, 0.1) is 13.7 Å². The maximum absolute atomic E-state index is 6.08. The third kappa shape index (κ3) is 4.21. The molecule has 2 N–H and O–H groups in total.